The number of benzene rings is 2. The highest BCUT2D eigenvalue weighted by atomic mass is 32.2. The average Bonchev–Trinajstić information content (AvgIpc) is 3.06. The minimum atomic E-state index is 0.0990. The predicted molar refractivity (Wildman–Crippen MR) is 87.0 cm³/mol. The highest BCUT2D eigenvalue weighted by Crippen LogP contribution is 2.34. The van der Waals surface area contributed by atoms with E-state index < -0.39 is 0 Å². The highest BCUT2D eigenvalue weighted by Gasteiger charge is 2.16. The van der Waals surface area contributed by atoms with Crippen LogP contribution < -0.4 is 4.74 Å². The van der Waals surface area contributed by atoms with Gasteiger partial charge in [0.1, 0.15) is 5.75 Å². The Kier molecular flexibility index (Phi) is 4.44. The molecule has 0 radical (unpaired) electrons. The fourth-order valence-electron chi connectivity index (χ4n) is 2.00. The van der Waals surface area contributed by atoms with E-state index in [1.54, 1.807) is 18.9 Å². The van der Waals surface area contributed by atoms with Gasteiger partial charge in [-0.3, -0.25) is 0 Å². The van der Waals surface area contributed by atoms with E-state index in [1.807, 2.05) is 42.5 Å². The molecule has 0 saturated carbocycles. The summed E-state index contributed by atoms with van der Waals surface area (Å²) in [6, 6.07) is 17.8. The van der Waals surface area contributed by atoms with Gasteiger partial charge in [0.2, 0.25) is 11.8 Å². The van der Waals surface area contributed by atoms with Crippen LogP contribution in [0.1, 0.15) is 18.1 Å². The van der Waals surface area contributed by atoms with Crippen molar-refractivity contribution in [3.63, 3.8) is 0 Å². The molecule has 1 atom stereocenters. The molecule has 3 rings (SSSR count). The van der Waals surface area contributed by atoms with Crippen molar-refractivity contribution in [2.24, 2.45) is 0 Å². The molecule has 1 aromatic heterocycles. The van der Waals surface area contributed by atoms with E-state index in [0.717, 1.165) is 11.3 Å². The number of hydrogen-bond donors (Lipinski definition) is 0. The monoisotopic (exact) mass is 312 g/mol. The maximum atomic E-state index is 5.79. The minimum Gasteiger partial charge on any atom is -0.497 e. The molecule has 0 unspecified atom stereocenters. The van der Waals surface area contributed by atoms with E-state index in [0.29, 0.717) is 11.8 Å². The highest BCUT2D eigenvalue weighted by molar-refractivity contribution is 7.99. The third kappa shape index (κ3) is 3.31. The molecule has 4 nitrogen and oxygen atoms in total. The first kappa shape index (κ1) is 14.7. The Morgan fingerprint density at radius 2 is 1.73 bits per heavy atom. The van der Waals surface area contributed by atoms with Crippen LogP contribution in [-0.4, -0.2) is 17.3 Å². The summed E-state index contributed by atoms with van der Waals surface area (Å²) in [5.41, 5.74) is 0.886. The number of rotatable bonds is 5. The molecule has 0 bridgehead atoms. The maximum Gasteiger partial charge on any atom is 0.247 e. The second kappa shape index (κ2) is 6.66. The number of nitrogens with zero attached hydrogens (tertiary/aromatic N) is 2. The Morgan fingerprint density at radius 3 is 2.41 bits per heavy atom. The standard InChI is InChI=1S/C17H16N2O2S/c1-12(22-15-6-4-3-5-7-15)16-18-19-17(21-16)13-8-10-14(20-2)11-9-13/h3-12H,1-2H3/t12-/m0/s1. The van der Waals surface area contributed by atoms with Crippen LogP contribution >= 0.6 is 11.8 Å². The lowest BCUT2D eigenvalue weighted by Crippen LogP contribution is -1.88. The SMILES string of the molecule is COc1ccc(-c2nnc([C@H](C)Sc3ccccc3)o2)cc1. The molecule has 0 saturated heterocycles. The first-order chi connectivity index (χ1) is 10.8. The van der Waals surface area contributed by atoms with E-state index in [2.05, 4.69) is 29.3 Å². The van der Waals surface area contributed by atoms with Crippen LogP contribution in [0.4, 0.5) is 0 Å². The van der Waals surface area contributed by atoms with Crippen molar-refractivity contribution in [3.05, 3.63) is 60.5 Å². The zero-order valence-electron chi connectivity index (χ0n) is 12.4. The third-order valence-electron chi connectivity index (χ3n) is 3.18. The van der Waals surface area contributed by atoms with Crippen LogP contribution in [-0.2, 0) is 0 Å². The molecule has 3 aromatic rings. The van der Waals surface area contributed by atoms with Crippen molar-refractivity contribution >= 4 is 11.8 Å². The molecule has 5 heteroatoms. The summed E-state index contributed by atoms with van der Waals surface area (Å²) in [5, 5.41) is 8.40. The summed E-state index contributed by atoms with van der Waals surface area (Å²) < 4.78 is 10.9. The molecule has 2 aromatic carbocycles. The van der Waals surface area contributed by atoms with Gasteiger partial charge in [-0.2, -0.15) is 0 Å². The zero-order valence-corrected chi connectivity index (χ0v) is 13.2. The van der Waals surface area contributed by atoms with E-state index in [-0.39, 0.29) is 5.25 Å². The first-order valence-electron chi connectivity index (χ1n) is 6.96. The van der Waals surface area contributed by atoms with Gasteiger partial charge in [-0.1, -0.05) is 18.2 Å². The molecule has 0 aliphatic rings. The van der Waals surface area contributed by atoms with Crippen LogP contribution in [0.2, 0.25) is 0 Å². The van der Waals surface area contributed by atoms with Gasteiger partial charge in [-0.25, -0.2) is 0 Å². The van der Waals surface area contributed by atoms with Gasteiger partial charge >= 0.3 is 0 Å². The number of methoxy groups -OCH3 is 1. The van der Waals surface area contributed by atoms with Crippen LogP contribution in [0, 0.1) is 0 Å². The normalized spacial score (nSPS) is 12.1. The van der Waals surface area contributed by atoms with E-state index in [1.165, 1.54) is 4.90 Å². The van der Waals surface area contributed by atoms with E-state index >= 15 is 0 Å². The Bertz CT molecular complexity index is 726. The maximum absolute atomic E-state index is 5.79. The second-order valence-electron chi connectivity index (χ2n) is 4.75. The van der Waals surface area contributed by atoms with Crippen LogP contribution in [0.5, 0.6) is 5.75 Å². The van der Waals surface area contributed by atoms with Crippen molar-refractivity contribution in [2.75, 3.05) is 7.11 Å². The molecule has 112 valence electrons. The van der Waals surface area contributed by atoms with Crippen molar-refractivity contribution in [2.45, 2.75) is 17.1 Å². The van der Waals surface area contributed by atoms with Gasteiger partial charge in [-0.15, -0.1) is 22.0 Å². The van der Waals surface area contributed by atoms with Crippen molar-refractivity contribution in [1.29, 1.82) is 0 Å². The predicted octanol–water partition coefficient (Wildman–Crippen LogP) is 4.60. The van der Waals surface area contributed by atoms with E-state index in [4.69, 9.17) is 9.15 Å². The number of aromatic nitrogens is 2. The van der Waals surface area contributed by atoms with Gasteiger partial charge in [0.15, 0.2) is 0 Å². The molecule has 0 fully saturated rings. The molecule has 1 heterocycles. The lowest BCUT2D eigenvalue weighted by molar-refractivity contribution is 0.415. The molecule has 0 aliphatic carbocycles. The second-order valence-corrected chi connectivity index (χ2v) is 6.16. The summed E-state index contributed by atoms with van der Waals surface area (Å²) >= 11 is 1.70. The fraction of sp³-hybridized carbons (Fsp3) is 0.176. The minimum absolute atomic E-state index is 0.0990. The van der Waals surface area contributed by atoms with Gasteiger partial charge in [0.25, 0.3) is 0 Å². The smallest absolute Gasteiger partial charge is 0.247 e. The van der Waals surface area contributed by atoms with Crippen LogP contribution in [0.25, 0.3) is 11.5 Å². The summed E-state index contributed by atoms with van der Waals surface area (Å²) in [5.74, 6) is 1.95. The van der Waals surface area contributed by atoms with Crippen molar-refractivity contribution in [1.82, 2.24) is 10.2 Å². The lowest BCUT2D eigenvalue weighted by atomic mass is 10.2. The Hall–Kier alpha value is -2.27. The van der Waals surface area contributed by atoms with Gasteiger partial charge in [-0.05, 0) is 43.3 Å². The van der Waals surface area contributed by atoms with E-state index in [9.17, 15) is 0 Å². The molecule has 0 N–H and O–H groups in total. The molecule has 0 aliphatic heterocycles. The largest absolute Gasteiger partial charge is 0.497 e. The number of thioether (sulfide) groups is 1. The van der Waals surface area contributed by atoms with Gasteiger partial charge < -0.3 is 9.15 Å². The molecule has 22 heavy (non-hydrogen) atoms. The zero-order chi connectivity index (χ0) is 15.4. The molecule has 0 amide bonds. The first-order valence-corrected chi connectivity index (χ1v) is 7.84. The summed E-state index contributed by atoms with van der Waals surface area (Å²) in [6.45, 7) is 2.06. The summed E-state index contributed by atoms with van der Waals surface area (Å²) in [4.78, 5) is 1.18. The number of ether oxygens (including phenoxy) is 1. The molecular weight excluding hydrogens is 296 g/mol. The van der Waals surface area contributed by atoms with Crippen LogP contribution in [0.15, 0.2) is 63.9 Å². The average molecular weight is 312 g/mol. The van der Waals surface area contributed by atoms with Gasteiger partial charge in [0.05, 0.1) is 12.4 Å². The Morgan fingerprint density at radius 1 is 1.00 bits per heavy atom. The third-order valence-corrected chi connectivity index (χ3v) is 4.28. The topological polar surface area (TPSA) is 48.2 Å². The lowest BCUT2D eigenvalue weighted by Gasteiger charge is -2.06. The quantitative estimate of drug-likeness (QED) is 0.644. The van der Waals surface area contributed by atoms with Crippen molar-refractivity contribution in [3.8, 4) is 17.2 Å². The fourth-order valence-corrected chi connectivity index (χ4v) is 2.92. The number of hydrogen-bond acceptors (Lipinski definition) is 5. The Balaban J connectivity index is 1.75. The molecular formula is C17H16N2O2S. The Labute approximate surface area is 133 Å². The molecule has 0 spiro atoms. The summed E-state index contributed by atoms with van der Waals surface area (Å²) in [7, 11) is 1.64. The van der Waals surface area contributed by atoms with Crippen LogP contribution in [0.3, 0.4) is 0 Å². The summed E-state index contributed by atoms with van der Waals surface area (Å²) in [6.07, 6.45) is 0. The van der Waals surface area contributed by atoms with Gasteiger partial charge in [0, 0.05) is 10.5 Å². The van der Waals surface area contributed by atoms with Crippen molar-refractivity contribution < 1.29 is 9.15 Å².